The average molecular weight is 260 g/mol. The Labute approximate surface area is 101 Å². The molecule has 1 aliphatic heterocycles. The molecular weight excluding hydrogens is 250 g/mol. The fraction of sp³-hybridized carbons (Fsp3) is 0.364. The quantitative estimate of drug-likeness (QED) is 0.857. The molecule has 2 rings (SSSR count). The van der Waals surface area contributed by atoms with Gasteiger partial charge in [0.2, 0.25) is 6.79 Å². The minimum atomic E-state index is -4.32. The highest BCUT2D eigenvalue weighted by molar-refractivity contribution is 5.77. The highest BCUT2D eigenvalue weighted by Crippen LogP contribution is 2.41. The number of carbonyl (C=O) groups is 1. The zero-order valence-electron chi connectivity index (χ0n) is 9.31. The number of aliphatic carboxylic acids is 1. The van der Waals surface area contributed by atoms with Gasteiger partial charge < -0.3 is 19.7 Å². The molecule has 98 valence electrons. The maximum absolute atomic E-state index is 13.4. The fourth-order valence-electron chi connectivity index (χ4n) is 1.59. The van der Waals surface area contributed by atoms with Crippen LogP contribution >= 0.6 is 0 Å². The second kappa shape index (κ2) is 3.81. The molecule has 1 atom stereocenters. The number of alkyl halides is 2. The van der Waals surface area contributed by atoms with Gasteiger partial charge >= 0.3 is 11.9 Å². The normalized spacial score (nSPS) is 17.3. The Morgan fingerprint density at radius 1 is 1.33 bits per heavy atom. The van der Waals surface area contributed by atoms with E-state index in [1.54, 1.807) is 0 Å². The van der Waals surface area contributed by atoms with Crippen LogP contribution in [-0.2, 0) is 10.4 Å². The van der Waals surface area contributed by atoms with Gasteiger partial charge in [-0.15, -0.1) is 0 Å². The number of halogens is 2. The first kappa shape index (κ1) is 12.6. The number of fused-ring (bicyclic) bond motifs is 1. The highest BCUT2D eigenvalue weighted by Gasteiger charge is 2.57. The molecule has 0 amide bonds. The molecule has 1 unspecified atom stereocenters. The zero-order chi connectivity index (χ0) is 13.6. The number of carboxylic acid groups (broad SMARTS) is 1. The lowest BCUT2D eigenvalue weighted by Crippen LogP contribution is -2.48. The van der Waals surface area contributed by atoms with Gasteiger partial charge in [-0.25, -0.2) is 4.79 Å². The summed E-state index contributed by atoms with van der Waals surface area (Å²) in [5, 5.41) is 18.3. The molecule has 2 N–H and O–H groups in total. The minimum absolute atomic E-state index is 0.0454. The van der Waals surface area contributed by atoms with Gasteiger partial charge in [-0.05, 0) is 24.6 Å². The number of hydrogen-bond acceptors (Lipinski definition) is 4. The Bertz CT molecular complexity index is 498. The lowest BCUT2D eigenvalue weighted by Gasteiger charge is -2.29. The van der Waals surface area contributed by atoms with Crippen molar-refractivity contribution < 1.29 is 33.3 Å². The Morgan fingerprint density at radius 3 is 2.56 bits per heavy atom. The lowest BCUT2D eigenvalue weighted by atomic mass is 9.89. The standard InChI is InChI=1S/C11H10F2O5/c1-10(16,11(12,13)9(14)15)6-2-3-7-8(4-6)18-5-17-7/h2-4,16H,5H2,1H3,(H,14,15). The molecule has 5 nitrogen and oxygen atoms in total. The summed E-state index contributed by atoms with van der Waals surface area (Å²) in [6.07, 6.45) is 0. The number of ether oxygens (including phenoxy) is 2. The van der Waals surface area contributed by atoms with Crippen molar-refractivity contribution in [3.8, 4) is 11.5 Å². The van der Waals surface area contributed by atoms with Crippen LogP contribution in [-0.4, -0.2) is 28.9 Å². The van der Waals surface area contributed by atoms with Crippen molar-refractivity contribution in [3.63, 3.8) is 0 Å². The third-order valence-corrected chi connectivity index (χ3v) is 2.81. The molecule has 18 heavy (non-hydrogen) atoms. The van der Waals surface area contributed by atoms with Crippen LogP contribution in [0.3, 0.4) is 0 Å². The predicted molar refractivity (Wildman–Crippen MR) is 54.7 cm³/mol. The van der Waals surface area contributed by atoms with Gasteiger partial charge in [-0.1, -0.05) is 6.07 Å². The summed E-state index contributed by atoms with van der Waals surface area (Å²) in [5.41, 5.74) is -3.11. The first-order valence-electron chi connectivity index (χ1n) is 5.00. The second-order valence-corrected chi connectivity index (χ2v) is 4.02. The molecule has 0 bridgehead atoms. The van der Waals surface area contributed by atoms with Gasteiger partial charge in [0.1, 0.15) is 0 Å². The number of aliphatic hydroxyl groups is 1. The van der Waals surface area contributed by atoms with E-state index in [0.717, 1.165) is 13.0 Å². The van der Waals surface area contributed by atoms with E-state index >= 15 is 0 Å². The van der Waals surface area contributed by atoms with Crippen molar-refractivity contribution in [2.75, 3.05) is 6.79 Å². The molecule has 0 fully saturated rings. The van der Waals surface area contributed by atoms with Gasteiger partial charge in [-0.3, -0.25) is 0 Å². The molecule has 7 heteroatoms. The number of benzene rings is 1. The molecule has 1 aliphatic rings. The summed E-state index contributed by atoms with van der Waals surface area (Å²) >= 11 is 0. The average Bonchev–Trinajstić information content (AvgIpc) is 2.75. The monoisotopic (exact) mass is 260 g/mol. The van der Waals surface area contributed by atoms with E-state index in [2.05, 4.69) is 0 Å². The summed E-state index contributed by atoms with van der Waals surface area (Å²) in [4.78, 5) is 10.5. The molecule has 0 radical (unpaired) electrons. The van der Waals surface area contributed by atoms with E-state index in [-0.39, 0.29) is 18.1 Å². The lowest BCUT2D eigenvalue weighted by molar-refractivity contribution is -0.207. The Kier molecular flexibility index (Phi) is 2.66. The number of carboxylic acids is 1. The topological polar surface area (TPSA) is 76.0 Å². The van der Waals surface area contributed by atoms with Crippen LogP contribution in [0.5, 0.6) is 11.5 Å². The van der Waals surface area contributed by atoms with Crippen LogP contribution in [0.15, 0.2) is 18.2 Å². The van der Waals surface area contributed by atoms with Crippen LogP contribution in [0.1, 0.15) is 12.5 Å². The summed E-state index contributed by atoms with van der Waals surface area (Å²) in [7, 11) is 0. The third kappa shape index (κ3) is 1.67. The molecule has 0 aromatic heterocycles. The van der Waals surface area contributed by atoms with Gasteiger partial charge in [0.25, 0.3) is 0 Å². The van der Waals surface area contributed by atoms with Crippen molar-refractivity contribution >= 4 is 5.97 Å². The van der Waals surface area contributed by atoms with Gasteiger partial charge in [0.05, 0.1) is 0 Å². The van der Waals surface area contributed by atoms with Crippen molar-refractivity contribution in [1.29, 1.82) is 0 Å². The van der Waals surface area contributed by atoms with Crippen LogP contribution in [0.25, 0.3) is 0 Å². The highest BCUT2D eigenvalue weighted by atomic mass is 19.3. The first-order chi connectivity index (χ1) is 8.26. The molecule has 0 saturated heterocycles. The van der Waals surface area contributed by atoms with Crippen molar-refractivity contribution in [1.82, 2.24) is 0 Å². The summed E-state index contributed by atoms with van der Waals surface area (Å²) in [6, 6.07) is 3.65. The Balaban J connectivity index is 2.44. The van der Waals surface area contributed by atoms with Crippen LogP contribution in [0, 0.1) is 0 Å². The zero-order valence-corrected chi connectivity index (χ0v) is 9.31. The number of hydrogen-bond donors (Lipinski definition) is 2. The van der Waals surface area contributed by atoms with E-state index in [4.69, 9.17) is 14.6 Å². The van der Waals surface area contributed by atoms with Crippen molar-refractivity contribution in [2.45, 2.75) is 18.4 Å². The van der Waals surface area contributed by atoms with Crippen LogP contribution in [0.4, 0.5) is 8.78 Å². The maximum Gasteiger partial charge on any atom is 0.378 e. The van der Waals surface area contributed by atoms with E-state index in [1.807, 2.05) is 0 Å². The Hall–Kier alpha value is -1.89. The van der Waals surface area contributed by atoms with Crippen LogP contribution < -0.4 is 9.47 Å². The molecule has 1 heterocycles. The van der Waals surface area contributed by atoms with E-state index < -0.39 is 17.5 Å². The minimum Gasteiger partial charge on any atom is -0.477 e. The molecule has 0 saturated carbocycles. The van der Waals surface area contributed by atoms with Crippen molar-refractivity contribution in [3.05, 3.63) is 23.8 Å². The molecule has 1 aromatic carbocycles. The molecule has 1 aromatic rings. The largest absolute Gasteiger partial charge is 0.477 e. The van der Waals surface area contributed by atoms with Gasteiger partial charge in [0.15, 0.2) is 17.1 Å². The maximum atomic E-state index is 13.4. The second-order valence-electron chi connectivity index (χ2n) is 4.02. The van der Waals surface area contributed by atoms with Crippen molar-refractivity contribution in [2.24, 2.45) is 0 Å². The molecule has 0 spiro atoms. The smallest absolute Gasteiger partial charge is 0.378 e. The molecule has 0 aliphatic carbocycles. The summed E-state index contributed by atoms with van der Waals surface area (Å²) in [5.74, 6) is -6.17. The van der Waals surface area contributed by atoms with E-state index in [0.29, 0.717) is 5.75 Å². The fourth-order valence-corrected chi connectivity index (χ4v) is 1.59. The predicted octanol–water partition coefficient (Wildman–Crippen LogP) is 1.34. The first-order valence-corrected chi connectivity index (χ1v) is 5.00. The Morgan fingerprint density at radius 2 is 1.94 bits per heavy atom. The van der Waals surface area contributed by atoms with Gasteiger partial charge in [-0.2, -0.15) is 8.78 Å². The summed E-state index contributed by atoms with van der Waals surface area (Å²) in [6.45, 7) is 0.689. The number of rotatable bonds is 3. The summed E-state index contributed by atoms with van der Waals surface area (Å²) < 4.78 is 36.9. The van der Waals surface area contributed by atoms with Crippen LogP contribution in [0.2, 0.25) is 0 Å². The SMILES string of the molecule is CC(O)(c1ccc2c(c1)OCO2)C(F)(F)C(=O)O. The third-order valence-electron chi connectivity index (χ3n) is 2.81. The van der Waals surface area contributed by atoms with E-state index in [9.17, 15) is 18.7 Å². The molecular formula is C11H10F2O5. The van der Waals surface area contributed by atoms with Gasteiger partial charge in [0, 0.05) is 0 Å². The van der Waals surface area contributed by atoms with E-state index in [1.165, 1.54) is 12.1 Å².